The van der Waals surface area contributed by atoms with E-state index in [9.17, 15) is 0 Å². The fourth-order valence-electron chi connectivity index (χ4n) is 2.67. The highest BCUT2D eigenvalue weighted by Gasteiger charge is 2.07. The van der Waals surface area contributed by atoms with Crippen LogP contribution in [0.3, 0.4) is 0 Å². The molecule has 1 heterocycles. The lowest BCUT2D eigenvalue weighted by atomic mass is 10.1. The maximum Gasteiger partial charge on any atom is 0.218 e. The van der Waals surface area contributed by atoms with Gasteiger partial charge in [-0.1, -0.05) is 18.2 Å². The van der Waals surface area contributed by atoms with Crippen molar-refractivity contribution in [1.29, 1.82) is 0 Å². The first-order chi connectivity index (χ1) is 14.2. The van der Waals surface area contributed by atoms with Crippen LogP contribution < -0.4 is 20.1 Å². The second kappa shape index (κ2) is 14.8. The van der Waals surface area contributed by atoms with Gasteiger partial charge >= 0.3 is 0 Å². The summed E-state index contributed by atoms with van der Waals surface area (Å²) in [4.78, 5) is 8.96. The first-order valence-corrected chi connectivity index (χ1v) is 9.98. The van der Waals surface area contributed by atoms with Crippen molar-refractivity contribution in [3.8, 4) is 11.6 Å². The normalized spacial score (nSPS) is 10.9. The van der Waals surface area contributed by atoms with Gasteiger partial charge in [0.25, 0.3) is 0 Å². The number of methoxy groups -OCH3 is 1. The monoisotopic (exact) mass is 528 g/mol. The second-order valence-corrected chi connectivity index (χ2v) is 6.40. The summed E-state index contributed by atoms with van der Waals surface area (Å²) in [6, 6.07) is 10.1. The number of hydrogen-bond acceptors (Lipinski definition) is 5. The van der Waals surface area contributed by atoms with Gasteiger partial charge in [0.05, 0.1) is 19.8 Å². The van der Waals surface area contributed by atoms with Gasteiger partial charge in [-0.25, -0.2) is 9.98 Å². The molecule has 2 rings (SSSR count). The molecule has 1 aromatic carbocycles. The minimum Gasteiger partial charge on any atom is -0.491 e. The van der Waals surface area contributed by atoms with Gasteiger partial charge in [-0.2, -0.15) is 0 Å². The van der Waals surface area contributed by atoms with Crippen molar-refractivity contribution in [2.45, 2.75) is 33.9 Å². The molecule has 166 valence electrons. The molecule has 0 aliphatic rings. The Balaban J connectivity index is 0.00000450. The van der Waals surface area contributed by atoms with Crippen LogP contribution in [0.5, 0.6) is 11.6 Å². The Morgan fingerprint density at radius 1 is 1.07 bits per heavy atom. The van der Waals surface area contributed by atoms with Gasteiger partial charge in [0, 0.05) is 37.5 Å². The molecule has 0 saturated heterocycles. The summed E-state index contributed by atoms with van der Waals surface area (Å²) in [5.74, 6) is 2.21. The fourth-order valence-corrected chi connectivity index (χ4v) is 2.67. The molecule has 30 heavy (non-hydrogen) atoms. The van der Waals surface area contributed by atoms with Crippen LogP contribution in [0.2, 0.25) is 0 Å². The number of nitrogens with one attached hydrogen (secondary N) is 2. The van der Waals surface area contributed by atoms with Gasteiger partial charge in [0.2, 0.25) is 5.88 Å². The number of ether oxygens (including phenoxy) is 3. The van der Waals surface area contributed by atoms with E-state index in [4.69, 9.17) is 14.2 Å². The zero-order chi connectivity index (χ0) is 20.9. The molecule has 0 aliphatic carbocycles. The van der Waals surface area contributed by atoms with Crippen molar-refractivity contribution in [3.05, 3.63) is 53.2 Å². The Bertz CT molecular complexity index is 787. The standard InChI is InChI=1S/C22H32N4O3.HI/c1-5-23-22(26-16-19-8-7-11-24-21(19)28-6-2)25-15-18-10-9-17(3)14-20(18)29-13-12-27-4;/h7-11,14H,5-6,12-13,15-16H2,1-4H3,(H2,23,25,26);1H. The number of hydrogen-bond donors (Lipinski definition) is 2. The maximum atomic E-state index is 5.87. The number of aryl methyl sites for hydroxylation is 1. The van der Waals surface area contributed by atoms with E-state index < -0.39 is 0 Å². The van der Waals surface area contributed by atoms with Crippen LogP contribution in [-0.4, -0.2) is 44.4 Å². The van der Waals surface area contributed by atoms with Crippen molar-refractivity contribution in [1.82, 2.24) is 15.6 Å². The average molecular weight is 528 g/mol. The third kappa shape index (κ3) is 8.74. The molecule has 7 nitrogen and oxygen atoms in total. The lowest BCUT2D eigenvalue weighted by molar-refractivity contribution is 0.145. The molecule has 0 aliphatic heterocycles. The molecule has 0 saturated carbocycles. The predicted molar refractivity (Wildman–Crippen MR) is 131 cm³/mol. The first kappa shape index (κ1) is 26.0. The number of aromatic nitrogens is 1. The third-order valence-corrected chi connectivity index (χ3v) is 4.10. The van der Waals surface area contributed by atoms with Crippen LogP contribution >= 0.6 is 24.0 Å². The number of aliphatic imine (C=N–C) groups is 1. The van der Waals surface area contributed by atoms with Crippen molar-refractivity contribution in [2.75, 3.05) is 33.5 Å². The zero-order valence-corrected chi connectivity index (χ0v) is 20.6. The summed E-state index contributed by atoms with van der Waals surface area (Å²) in [7, 11) is 1.67. The SMILES string of the molecule is CCNC(=NCc1cccnc1OCC)NCc1ccc(C)cc1OCCOC.I. The summed E-state index contributed by atoms with van der Waals surface area (Å²) in [5, 5.41) is 6.65. The molecule has 1 aromatic heterocycles. The summed E-state index contributed by atoms with van der Waals surface area (Å²) in [5.41, 5.74) is 3.17. The van der Waals surface area contributed by atoms with E-state index >= 15 is 0 Å². The lowest BCUT2D eigenvalue weighted by Gasteiger charge is -2.15. The Hall–Kier alpha value is -2.07. The van der Waals surface area contributed by atoms with Gasteiger partial charge in [-0.05, 0) is 38.5 Å². The van der Waals surface area contributed by atoms with Gasteiger partial charge in [-0.3, -0.25) is 0 Å². The Morgan fingerprint density at radius 3 is 2.63 bits per heavy atom. The Morgan fingerprint density at radius 2 is 1.90 bits per heavy atom. The zero-order valence-electron chi connectivity index (χ0n) is 18.2. The van der Waals surface area contributed by atoms with E-state index in [1.54, 1.807) is 13.3 Å². The average Bonchev–Trinajstić information content (AvgIpc) is 2.72. The van der Waals surface area contributed by atoms with Crippen molar-refractivity contribution < 1.29 is 14.2 Å². The number of nitrogens with zero attached hydrogens (tertiary/aromatic N) is 2. The molecule has 0 spiro atoms. The van der Waals surface area contributed by atoms with Crippen LogP contribution in [0, 0.1) is 6.92 Å². The largest absolute Gasteiger partial charge is 0.491 e. The van der Waals surface area contributed by atoms with E-state index in [2.05, 4.69) is 39.7 Å². The van der Waals surface area contributed by atoms with Crippen LogP contribution in [0.1, 0.15) is 30.5 Å². The fraction of sp³-hybridized carbons (Fsp3) is 0.455. The molecule has 2 N–H and O–H groups in total. The van der Waals surface area contributed by atoms with Gasteiger partial charge in [0.1, 0.15) is 12.4 Å². The molecule has 0 radical (unpaired) electrons. The number of pyridine rings is 1. The number of halogens is 1. The van der Waals surface area contributed by atoms with E-state index in [1.807, 2.05) is 32.0 Å². The maximum absolute atomic E-state index is 5.87. The molecular formula is C22H33IN4O3. The van der Waals surface area contributed by atoms with Crippen LogP contribution in [0.15, 0.2) is 41.5 Å². The minimum atomic E-state index is 0. The molecular weight excluding hydrogens is 495 g/mol. The van der Waals surface area contributed by atoms with E-state index in [0.29, 0.717) is 38.8 Å². The first-order valence-electron chi connectivity index (χ1n) is 9.98. The minimum absolute atomic E-state index is 0. The lowest BCUT2D eigenvalue weighted by Crippen LogP contribution is -2.36. The van der Waals surface area contributed by atoms with Gasteiger partial charge in [0.15, 0.2) is 5.96 Å². The topological polar surface area (TPSA) is 77.0 Å². The van der Waals surface area contributed by atoms with E-state index in [0.717, 1.165) is 34.9 Å². The Kier molecular flexibility index (Phi) is 12.8. The smallest absolute Gasteiger partial charge is 0.218 e. The molecule has 0 amide bonds. The highest BCUT2D eigenvalue weighted by molar-refractivity contribution is 14.0. The predicted octanol–water partition coefficient (Wildman–Crippen LogP) is 3.69. The molecule has 0 atom stereocenters. The molecule has 2 aromatic rings. The summed E-state index contributed by atoms with van der Waals surface area (Å²) < 4.78 is 16.5. The van der Waals surface area contributed by atoms with Crippen LogP contribution in [0.25, 0.3) is 0 Å². The molecule has 0 bridgehead atoms. The second-order valence-electron chi connectivity index (χ2n) is 6.40. The molecule has 8 heteroatoms. The number of benzene rings is 1. The summed E-state index contributed by atoms with van der Waals surface area (Å²) in [6.07, 6.45) is 1.73. The number of rotatable bonds is 11. The van der Waals surface area contributed by atoms with Crippen molar-refractivity contribution >= 4 is 29.9 Å². The quantitative estimate of drug-likeness (QED) is 0.201. The summed E-state index contributed by atoms with van der Waals surface area (Å²) in [6.45, 7) is 9.52. The van der Waals surface area contributed by atoms with Crippen molar-refractivity contribution in [3.63, 3.8) is 0 Å². The third-order valence-electron chi connectivity index (χ3n) is 4.10. The van der Waals surface area contributed by atoms with Crippen molar-refractivity contribution in [2.24, 2.45) is 4.99 Å². The Labute approximate surface area is 196 Å². The molecule has 0 fully saturated rings. The van der Waals surface area contributed by atoms with Gasteiger partial charge < -0.3 is 24.8 Å². The van der Waals surface area contributed by atoms with E-state index in [-0.39, 0.29) is 24.0 Å². The van der Waals surface area contributed by atoms with E-state index in [1.165, 1.54) is 0 Å². The van der Waals surface area contributed by atoms with Crippen LogP contribution in [0.4, 0.5) is 0 Å². The highest BCUT2D eigenvalue weighted by atomic mass is 127. The summed E-state index contributed by atoms with van der Waals surface area (Å²) >= 11 is 0. The number of guanidine groups is 1. The van der Waals surface area contributed by atoms with Gasteiger partial charge in [-0.15, -0.1) is 24.0 Å². The molecule has 0 unspecified atom stereocenters. The highest BCUT2D eigenvalue weighted by Crippen LogP contribution is 2.20. The van der Waals surface area contributed by atoms with Crippen LogP contribution in [-0.2, 0) is 17.8 Å².